The summed E-state index contributed by atoms with van der Waals surface area (Å²) in [5, 5.41) is 2.61. The molecule has 0 unspecified atom stereocenters. The molecule has 92 valence electrons. The number of pyridine rings is 1. The van der Waals surface area contributed by atoms with Crippen LogP contribution in [0.3, 0.4) is 0 Å². The fraction of sp³-hybridized carbons (Fsp3) is 0.0769. The third-order valence-corrected chi connectivity index (χ3v) is 2.27. The van der Waals surface area contributed by atoms with E-state index in [1.54, 1.807) is 18.2 Å². The molecule has 1 N–H and O–H groups in total. The molecule has 2 aromatic rings. The predicted octanol–water partition coefficient (Wildman–Crippen LogP) is 2.48. The van der Waals surface area contributed by atoms with E-state index < -0.39 is 0 Å². The lowest BCUT2D eigenvalue weighted by Gasteiger charge is -2.05. The normalized spacial score (nSPS) is 9.89. The minimum Gasteiger partial charge on any atom is -0.481 e. The van der Waals surface area contributed by atoms with E-state index in [-0.39, 0.29) is 17.4 Å². The molecule has 4 nitrogen and oxygen atoms in total. The van der Waals surface area contributed by atoms with E-state index in [0.717, 1.165) is 0 Å². The Kier molecular flexibility index (Phi) is 3.52. The van der Waals surface area contributed by atoms with Crippen LogP contribution in [0.2, 0.25) is 0 Å². The Morgan fingerprint density at radius 2 is 1.94 bits per heavy atom. The summed E-state index contributed by atoms with van der Waals surface area (Å²) in [4.78, 5) is 15.8. The van der Waals surface area contributed by atoms with Crippen molar-refractivity contribution < 1.29 is 13.9 Å². The summed E-state index contributed by atoms with van der Waals surface area (Å²) < 4.78 is 17.6. The molecular weight excluding hydrogens is 235 g/mol. The molecule has 1 heterocycles. The van der Waals surface area contributed by atoms with Crippen LogP contribution in [0.5, 0.6) is 5.88 Å². The lowest BCUT2D eigenvalue weighted by molar-refractivity contribution is 0.102. The van der Waals surface area contributed by atoms with Crippen LogP contribution in [0.25, 0.3) is 0 Å². The third-order valence-electron chi connectivity index (χ3n) is 2.27. The van der Waals surface area contributed by atoms with Gasteiger partial charge in [0, 0.05) is 11.8 Å². The molecular formula is C13H11FN2O2. The minimum atomic E-state index is -0.375. The van der Waals surface area contributed by atoms with Gasteiger partial charge in [0.2, 0.25) is 5.88 Å². The number of carbonyl (C=O) groups excluding carboxylic acids is 1. The van der Waals surface area contributed by atoms with Gasteiger partial charge in [0.25, 0.3) is 5.91 Å². The van der Waals surface area contributed by atoms with Crippen molar-refractivity contribution in [3.63, 3.8) is 0 Å². The number of anilines is 1. The molecule has 0 saturated carbocycles. The zero-order valence-electron chi connectivity index (χ0n) is 9.68. The number of amides is 1. The maximum Gasteiger partial charge on any atom is 0.274 e. The number of hydrogen-bond acceptors (Lipinski definition) is 3. The van der Waals surface area contributed by atoms with Gasteiger partial charge in [-0.1, -0.05) is 6.07 Å². The predicted molar refractivity (Wildman–Crippen MR) is 65.1 cm³/mol. The highest BCUT2D eigenvalue weighted by atomic mass is 19.1. The molecule has 0 aliphatic heterocycles. The fourth-order valence-corrected chi connectivity index (χ4v) is 1.38. The van der Waals surface area contributed by atoms with E-state index in [4.69, 9.17) is 4.74 Å². The first-order valence-electron chi connectivity index (χ1n) is 5.27. The molecule has 0 spiro atoms. The van der Waals surface area contributed by atoms with Gasteiger partial charge in [0.15, 0.2) is 0 Å². The molecule has 0 bridgehead atoms. The topological polar surface area (TPSA) is 51.2 Å². The molecule has 1 amide bonds. The summed E-state index contributed by atoms with van der Waals surface area (Å²) in [7, 11) is 1.48. The summed E-state index contributed by atoms with van der Waals surface area (Å²) in [5.41, 5.74) is 0.740. The molecule has 0 fully saturated rings. The van der Waals surface area contributed by atoms with Crippen molar-refractivity contribution in [2.45, 2.75) is 0 Å². The maximum atomic E-state index is 12.7. The number of halogens is 1. The Hall–Kier alpha value is -2.43. The molecule has 18 heavy (non-hydrogen) atoms. The van der Waals surface area contributed by atoms with Gasteiger partial charge in [0.1, 0.15) is 11.5 Å². The number of aromatic nitrogens is 1. The number of ether oxygens (including phenoxy) is 1. The standard InChI is InChI=1S/C13H11FN2O2/c1-18-12-4-2-3-11(16-12)13(17)15-10-7-5-9(14)6-8-10/h2-8H,1H3,(H,15,17). The first-order chi connectivity index (χ1) is 8.69. The lowest BCUT2D eigenvalue weighted by atomic mass is 10.3. The van der Waals surface area contributed by atoms with Crippen molar-refractivity contribution in [2.75, 3.05) is 12.4 Å². The molecule has 5 heteroatoms. The smallest absolute Gasteiger partial charge is 0.274 e. The van der Waals surface area contributed by atoms with E-state index >= 15 is 0 Å². The number of rotatable bonds is 3. The minimum absolute atomic E-state index is 0.235. The second-order valence-corrected chi connectivity index (χ2v) is 3.53. The Balaban J connectivity index is 2.14. The number of nitrogens with one attached hydrogen (secondary N) is 1. The Bertz CT molecular complexity index is 555. The van der Waals surface area contributed by atoms with E-state index in [1.165, 1.54) is 31.4 Å². The molecule has 0 atom stereocenters. The highest BCUT2D eigenvalue weighted by Gasteiger charge is 2.08. The zero-order valence-corrected chi connectivity index (χ0v) is 9.68. The first kappa shape index (κ1) is 12.0. The van der Waals surface area contributed by atoms with Crippen molar-refractivity contribution in [3.05, 3.63) is 54.0 Å². The number of hydrogen-bond donors (Lipinski definition) is 1. The third kappa shape index (κ3) is 2.82. The van der Waals surface area contributed by atoms with Crippen LogP contribution in [-0.4, -0.2) is 18.0 Å². The Morgan fingerprint density at radius 3 is 2.61 bits per heavy atom. The summed E-state index contributed by atoms with van der Waals surface area (Å²) >= 11 is 0. The summed E-state index contributed by atoms with van der Waals surface area (Å²) in [5.74, 6) is -0.366. The highest BCUT2D eigenvalue weighted by molar-refractivity contribution is 6.02. The lowest BCUT2D eigenvalue weighted by Crippen LogP contribution is -2.13. The fourth-order valence-electron chi connectivity index (χ4n) is 1.38. The molecule has 1 aromatic heterocycles. The van der Waals surface area contributed by atoms with Gasteiger partial charge in [-0.05, 0) is 30.3 Å². The van der Waals surface area contributed by atoms with Gasteiger partial charge in [-0.3, -0.25) is 4.79 Å². The molecule has 0 aliphatic rings. The summed E-state index contributed by atoms with van der Waals surface area (Å²) in [6.45, 7) is 0. The van der Waals surface area contributed by atoms with Crippen LogP contribution in [0.15, 0.2) is 42.5 Å². The zero-order chi connectivity index (χ0) is 13.0. The quantitative estimate of drug-likeness (QED) is 0.905. The molecule has 0 saturated heterocycles. The average Bonchev–Trinajstić information content (AvgIpc) is 2.41. The highest BCUT2D eigenvalue weighted by Crippen LogP contribution is 2.11. The first-order valence-corrected chi connectivity index (χ1v) is 5.27. The van der Waals surface area contributed by atoms with E-state index in [9.17, 15) is 9.18 Å². The molecule has 1 aromatic carbocycles. The second kappa shape index (κ2) is 5.27. The monoisotopic (exact) mass is 246 g/mol. The number of carbonyl (C=O) groups is 1. The van der Waals surface area contributed by atoms with E-state index in [2.05, 4.69) is 10.3 Å². The van der Waals surface area contributed by atoms with Crippen LogP contribution in [0, 0.1) is 5.82 Å². The van der Waals surface area contributed by atoms with E-state index in [1.807, 2.05) is 0 Å². The van der Waals surface area contributed by atoms with Crippen LogP contribution >= 0.6 is 0 Å². The van der Waals surface area contributed by atoms with E-state index in [0.29, 0.717) is 11.6 Å². The SMILES string of the molecule is COc1cccc(C(=O)Nc2ccc(F)cc2)n1. The van der Waals surface area contributed by atoms with Crippen molar-refractivity contribution in [3.8, 4) is 5.88 Å². The molecule has 0 radical (unpaired) electrons. The van der Waals surface area contributed by atoms with Gasteiger partial charge in [-0.2, -0.15) is 0 Å². The van der Waals surface area contributed by atoms with Crippen molar-refractivity contribution in [2.24, 2.45) is 0 Å². The van der Waals surface area contributed by atoms with Crippen LogP contribution in [0.1, 0.15) is 10.5 Å². The second-order valence-electron chi connectivity index (χ2n) is 3.53. The molecule has 0 aliphatic carbocycles. The van der Waals surface area contributed by atoms with Crippen LogP contribution in [-0.2, 0) is 0 Å². The van der Waals surface area contributed by atoms with Gasteiger partial charge >= 0.3 is 0 Å². The van der Waals surface area contributed by atoms with Crippen molar-refractivity contribution in [1.29, 1.82) is 0 Å². The van der Waals surface area contributed by atoms with Gasteiger partial charge in [-0.25, -0.2) is 9.37 Å². The maximum absolute atomic E-state index is 12.7. The summed E-state index contributed by atoms with van der Waals surface area (Å²) in [6, 6.07) is 10.4. The molecule has 2 rings (SSSR count). The van der Waals surface area contributed by atoms with Crippen molar-refractivity contribution >= 4 is 11.6 Å². The number of nitrogens with zero attached hydrogens (tertiary/aromatic N) is 1. The van der Waals surface area contributed by atoms with Gasteiger partial charge < -0.3 is 10.1 Å². The number of methoxy groups -OCH3 is 1. The number of benzene rings is 1. The van der Waals surface area contributed by atoms with Crippen LogP contribution in [0.4, 0.5) is 10.1 Å². The average molecular weight is 246 g/mol. The summed E-state index contributed by atoms with van der Waals surface area (Å²) in [6.07, 6.45) is 0. The largest absolute Gasteiger partial charge is 0.481 e. The van der Waals surface area contributed by atoms with Crippen molar-refractivity contribution in [1.82, 2.24) is 4.98 Å². The van der Waals surface area contributed by atoms with Gasteiger partial charge in [0.05, 0.1) is 7.11 Å². The Labute approximate surface area is 103 Å². The van der Waals surface area contributed by atoms with Crippen LogP contribution < -0.4 is 10.1 Å². The van der Waals surface area contributed by atoms with Gasteiger partial charge in [-0.15, -0.1) is 0 Å². The Morgan fingerprint density at radius 1 is 1.22 bits per heavy atom.